The summed E-state index contributed by atoms with van der Waals surface area (Å²) >= 11 is 0. The van der Waals surface area contributed by atoms with Crippen molar-refractivity contribution in [3.05, 3.63) is 0 Å². The summed E-state index contributed by atoms with van der Waals surface area (Å²) in [5.74, 6) is 3.53. The second kappa shape index (κ2) is 7.31. The Bertz CT molecular complexity index is 566. The monoisotopic (exact) mass is 376 g/mol. The maximum Gasteiger partial charge on any atom is 0.237 e. The van der Waals surface area contributed by atoms with Crippen LogP contribution < -0.4 is 5.32 Å². The molecule has 3 atom stereocenters. The van der Waals surface area contributed by atoms with Crippen LogP contribution in [0.4, 0.5) is 0 Å². The highest BCUT2D eigenvalue weighted by Gasteiger charge is 2.49. The van der Waals surface area contributed by atoms with Crippen LogP contribution in [0.2, 0.25) is 0 Å². The largest absolute Gasteiger partial charge is 0.392 e. The Morgan fingerprint density at radius 2 is 1.70 bits per heavy atom. The number of aliphatic hydroxyl groups is 1. The van der Waals surface area contributed by atoms with Crippen molar-refractivity contribution in [2.45, 2.75) is 69.6 Å². The molecule has 6 rings (SSSR count). The van der Waals surface area contributed by atoms with Crippen LogP contribution in [0.3, 0.4) is 0 Å². The van der Waals surface area contributed by atoms with E-state index in [2.05, 4.69) is 17.3 Å². The minimum atomic E-state index is -0.478. The van der Waals surface area contributed by atoms with Gasteiger partial charge in [0, 0.05) is 20.5 Å². The van der Waals surface area contributed by atoms with Gasteiger partial charge in [-0.3, -0.25) is 9.69 Å². The van der Waals surface area contributed by atoms with Gasteiger partial charge in [-0.05, 0) is 101 Å². The molecule has 1 amide bonds. The maximum atomic E-state index is 13.3. The molecular formula is C22H37N3O2. The summed E-state index contributed by atoms with van der Waals surface area (Å²) in [6.45, 7) is 2.16. The quantitative estimate of drug-likeness (QED) is 0.784. The van der Waals surface area contributed by atoms with Crippen LogP contribution in [0.15, 0.2) is 0 Å². The van der Waals surface area contributed by atoms with Gasteiger partial charge in [0.1, 0.15) is 0 Å². The van der Waals surface area contributed by atoms with Gasteiger partial charge in [-0.2, -0.15) is 0 Å². The van der Waals surface area contributed by atoms with E-state index in [1.807, 2.05) is 4.90 Å². The molecule has 2 unspecified atom stereocenters. The topological polar surface area (TPSA) is 55.8 Å². The lowest BCUT2D eigenvalue weighted by atomic mass is 9.54. The first-order valence-corrected chi connectivity index (χ1v) is 11.3. The van der Waals surface area contributed by atoms with Crippen LogP contribution in [0, 0.1) is 29.6 Å². The van der Waals surface area contributed by atoms with Crippen LogP contribution in [0.5, 0.6) is 0 Å². The molecule has 6 fully saturated rings. The summed E-state index contributed by atoms with van der Waals surface area (Å²) in [6, 6.07) is 0.0155. The van der Waals surface area contributed by atoms with Gasteiger partial charge in [0.2, 0.25) is 5.91 Å². The predicted octanol–water partition coefficient (Wildman–Crippen LogP) is 1.70. The van der Waals surface area contributed by atoms with E-state index < -0.39 is 6.10 Å². The standard InChI is InChI=1S/C22H37N3O2/c1-24-4-2-14(3-5-24)12-25-13-19(26)11-20(25)22(27)23-21-17-7-15-6-16(9-17)10-18(21)8-15/h14-21,26H,2-13H2,1H3,(H,23,27)/t15?,16?,17?,18?,19-,20?,21?/m1/s1/i12D/t12?,15?,16?,17?,18?,19-,20?,21?. The molecule has 6 aliphatic rings. The highest BCUT2D eigenvalue weighted by Crippen LogP contribution is 2.53. The third-order valence-corrected chi connectivity index (χ3v) is 8.32. The Morgan fingerprint density at radius 1 is 1.07 bits per heavy atom. The smallest absolute Gasteiger partial charge is 0.237 e. The minimum absolute atomic E-state index is 0.0826. The number of carbonyl (C=O) groups is 1. The molecule has 0 spiro atoms. The Morgan fingerprint density at radius 3 is 2.33 bits per heavy atom. The third kappa shape index (κ3) is 3.67. The number of hydrogen-bond acceptors (Lipinski definition) is 4. The summed E-state index contributed by atoms with van der Waals surface area (Å²) in [6.07, 6.45) is 8.65. The molecule has 0 aromatic heterocycles. The van der Waals surface area contributed by atoms with Crippen molar-refractivity contribution in [1.82, 2.24) is 15.1 Å². The van der Waals surface area contributed by atoms with Crippen molar-refractivity contribution in [3.8, 4) is 0 Å². The van der Waals surface area contributed by atoms with Crippen molar-refractivity contribution in [2.75, 3.05) is 33.2 Å². The first-order chi connectivity index (χ1) is 13.5. The van der Waals surface area contributed by atoms with Gasteiger partial charge in [-0.25, -0.2) is 0 Å². The molecule has 0 radical (unpaired) electrons. The molecule has 4 saturated carbocycles. The van der Waals surface area contributed by atoms with E-state index in [-0.39, 0.29) is 18.5 Å². The molecule has 0 aromatic rings. The molecule has 0 aromatic carbocycles. The second-order valence-corrected chi connectivity index (χ2v) is 10.4. The zero-order valence-corrected chi connectivity index (χ0v) is 16.7. The fourth-order valence-corrected chi connectivity index (χ4v) is 7.13. The number of β-amino-alcohol motifs (C(OH)–C–C–N with tert-alkyl or cyclic N) is 1. The van der Waals surface area contributed by atoms with E-state index in [4.69, 9.17) is 1.37 Å². The number of piperidine rings is 1. The zero-order chi connectivity index (χ0) is 19.4. The molecule has 2 N–H and O–H groups in total. The van der Waals surface area contributed by atoms with Crippen molar-refractivity contribution < 1.29 is 11.3 Å². The first-order valence-electron chi connectivity index (χ1n) is 11.9. The summed E-state index contributed by atoms with van der Waals surface area (Å²) in [4.78, 5) is 17.6. The van der Waals surface area contributed by atoms with Crippen LogP contribution in [-0.2, 0) is 4.79 Å². The van der Waals surface area contributed by atoms with E-state index in [1.165, 1.54) is 32.1 Å². The zero-order valence-electron chi connectivity index (χ0n) is 17.7. The van der Waals surface area contributed by atoms with Gasteiger partial charge in [0.15, 0.2) is 0 Å². The Hall–Kier alpha value is -0.650. The average Bonchev–Trinajstić information content (AvgIpc) is 3.06. The SMILES string of the molecule is [2H]C(C1CCN(C)CC1)N1C[C@H](O)CC1C(=O)NC1C2CC3CC(C2)CC1C3. The van der Waals surface area contributed by atoms with Crippen LogP contribution >= 0.6 is 0 Å². The molecule has 4 bridgehead atoms. The number of nitrogens with one attached hydrogen (secondary N) is 1. The van der Waals surface area contributed by atoms with Crippen molar-refractivity contribution in [3.63, 3.8) is 0 Å². The van der Waals surface area contributed by atoms with Crippen LogP contribution in [0.1, 0.15) is 52.7 Å². The van der Waals surface area contributed by atoms with Crippen LogP contribution in [0.25, 0.3) is 0 Å². The van der Waals surface area contributed by atoms with Gasteiger partial charge in [-0.1, -0.05) is 0 Å². The highest BCUT2D eigenvalue weighted by atomic mass is 16.3. The molecule has 4 aliphatic carbocycles. The number of rotatable bonds is 4. The van der Waals surface area contributed by atoms with E-state index in [9.17, 15) is 9.90 Å². The molecule has 152 valence electrons. The number of hydrogen-bond donors (Lipinski definition) is 2. The molecule has 5 nitrogen and oxygen atoms in total. The Balaban J connectivity index is 1.24. The van der Waals surface area contributed by atoms with E-state index >= 15 is 0 Å². The lowest BCUT2D eigenvalue weighted by Gasteiger charge is -2.54. The maximum absolute atomic E-state index is 13.3. The lowest BCUT2D eigenvalue weighted by Crippen LogP contribution is -2.58. The summed E-state index contributed by atoms with van der Waals surface area (Å²) in [7, 11) is 2.13. The lowest BCUT2D eigenvalue weighted by molar-refractivity contribution is -0.129. The molecular weight excluding hydrogens is 338 g/mol. The van der Waals surface area contributed by atoms with Gasteiger partial charge < -0.3 is 15.3 Å². The predicted molar refractivity (Wildman–Crippen MR) is 105 cm³/mol. The van der Waals surface area contributed by atoms with Crippen molar-refractivity contribution in [2.24, 2.45) is 29.6 Å². The third-order valence-electron chi connectivity index (χ3n) is 8.32. The number of likely N-dealkylation sites (tertiary alicyclic amines) is 2. The Kier molecular flexibility index (Phi) is 4.66. The van der Waals surface area contributed by atoms with Crippen molar-refractivity contribution in [1.29, 1.82) is 0 Å². The molecule has 5 heteroatoms. The fraction of sp³-hybridized carbons (Fsp3) is 0.955. The normalized spacial score (nSPS) is 47.2. The summed E-state index contributed by atoms with van der Waals surface area (Å²) < 4.78 is 8.84. The molecule has 27 heavy (non-hydrogen) atoms. The fourth-order valence-electron chi connectivity index (χ4n) is 7.13. The highest BCUT2D eigenvalue weighted by molar-refractivity contribution is 5.82. The van der Waals surface area contributed by atoms with Gasteiger partial charge in [0.25, 0.3) is 0 Å². The molecule has 2 heterocycles. The van der Waals surface area contributed by atoms with E-state index in [0.717, 1.165) is 37.8 Å². The molecule has 2 aliphatic heterocycles. The van der Waals surface area contributed by atoms with E-state index in [1.54, 1.807) is 0 Å². The number of aliphatic hydroxyl groups excluding tert-OH is 1. The van der Waals surface area contributed by atoms with Crippen LogP contribution in [-0.4, -0.2) is 72.2 Å². The minimum Gasteiger partial charge on any atom is -0.392 e. The van der Waals surface area contributed by atoms with Crippen molar-refractivity contribution >= 4 is 5.91 Å². The number of amides is 1. The summed E-state index contributed by atoms with van der Waals surface area (Å²) in [5, 5.41) is 13.7. The second-order valence-electron chi connectivity index (χ2n) is 10.4. The Labute approximate surface area is 165 Å². The van der Waals surface area contributed by atoms with E-state index in [0.29, 0.717) is 36.8 Å². The number of carbonyl (C=O) groups excluding carboxylic acids is 1. The summed E-state index contributed by atoms with van der Waals surface area (Å²) in [5.41, 5.74) is 0. The van der Waals surface area contributed by atoms with Gasteiger partial charge in [-0.15, -0.1) is 0 Å². The average molecular weight is 377 g/mol. The van der Waals surface area contributed by atoms with Gasteiger partial charge >= 0.3 is 0 Å². The first kappa shape index (κ1) is 17.2. The van der Waals surface area contributed by atoms with Gasteiger partial charge in [0.05, 0.1) is 12.1 Å². The molecule has 2 saturated heterocycles. The number of nitrogens with zero attached hydrogens (tertiary/aromatic N) is 2.